The van der Waals surface area contributed by atoms with Gasteiger partial charge in [-0.2, -0.15) is 0 Å². The van der Waals surface area contributed by atoms with Crippen molar-refractivity contribution in [1.82, 2.24) is 4.98 Å². The molecule has 0 fully saturated rings. The molecule has 3 heteroatoms. The molecule has 0 aliphatic carbocycles. The highest BCUT2D eigenvalue weighted by atomic mass is 15.1. The summed E-state index contributed by atoms with van der Waals surface area (Å²) in [5, 5.41) is 1.20. The van der Waals surface area contributed by atoms with Crippen LogP contribution in [0.25, 0.3) is 10.9 Å². The summed E-state index contributed by atoms with van der Waals surface area (Å²) in [5.41, 5.74) is 10.2. The molecule has 0 saturated heterocycles. The van der Waals surface area contributed by atoms with Crippen molar-refractivity contribution in [2.75, 3.05) is 25.5 Å². The predicted molar refractivity (Wildman–Crippen MR) is 73.6 cm³/mol. The van der Waals surface area contributed by atoms with E-state index in [1.165, 1.54) is 16.6 Å². The number of aromatic nitrogens is 1. The van der Waals surface area contributed by atoms with E-state index in [9.17, 15) is 0 Å². The van der Waals surface area contributed by atoms with Gasteiger partial charge in [-0.05, 0) is 37.6 Å². The lowest BCUT2D eigenvalue weighted by Gasteiger charge is -2.16. The lowest BCUT2D eigenvalue weighted by molar-refractivity contribution is 0.970. The highest BCUT2D eigenvalue weighted by molar-refractivity contribution is 5.92. The Bertz CT molecular complexity index is 532. The standard InChI is InChI=1S/C14H19N3/c1-10-8-14(17(2)3)12-5-4-11(6-7-15)9-13(12)16-10/h4-5,8-9H,6-7,15H2,1-3H3. The molecule has 0 spiro atoms. The van der Waals surface area contributed by atoms with E-state index >= 15 is 0 Å². The van der Waals surface area contributed by atoms with Crippen LogP contribution in [0.3, 0.4) is 0 Å². The van der Waals surface area contributed by atoms with Gasteiger partial charge in [0.05, 0.1) is 5.52 Å². The molecule has 0 bridgehead atoms. The number of anilines is 1. The van der Waals surface area contributed by atoms with Gasteiger partial charge in [-0.1, -0.05) is 12.1 Å². The summed E-state index contributed by atoms with van der Waals surface area (Å²) in [4.78, 5) is 6.72. The molecule has 3 nitrogen and oxygen atoms in total. The molecule has 2 aromatic rings. The molecule has 0 amide bonds. The fraction of sp³-hybridized carbons (Fsp3) is 0.357. The molecule has 2 N–H and O–H groups in total. The first-order valence-corrected chi connectivity index (χ1v) is 5.89. The number of hydrogen-bond acceptors (Lipinski definition) is 3. The molecule has 1 heterocycles. The zero-order valence-electron chi connectivity index (χ0n) is 10.7. The minimum absolute atomic E-state index is 0.678. The second-order valence-electron chi connectivity index (χ2n) is 4.57. The zero-order valence-corrected chi connectivity index (χ0v) is 10.7. The molecular weight excluding hydrogens is 210 g/mol. The summed E-state index contributed by atoms with van der Waals surface area (Å²) in [5.74, 6) is 0. The summed E-state index contributed by atoms with van der Waals surface area (Å²) in [6.45, 7) is 2.71. The van der Waals surface area contributed by atoms with Gasteiger partial charge < -0.3 is 10.6 Å². The van der Waals surface area contributed by atoms with E-state index in [0.29, 0.717) is 6.54 Å². The van der Waals surface area contributed by atoms with E-state index in [1.54, 1.807) is 0 Å². The molecule has 0 aliphatic heterocycles. The van der Waals surface area contributed by atoms with E-state index in [-0.39, 0.29) is 0 Å². The van der Waals surface area contributed by atoms with Gasteiger partial charge in [-0.3, -0.25) is 4.98 Å². The third kappa shape index (κ3) is 2.39. The Balaban J connectivity index is 2.62. The van der Waals surface area contributed by atoms with Crippen LogP contribution >= 0.6 is 0 Å². The summed E-state index contributed by atoms with van der Waals surface area (Å²) < 4.78 is 0. The van der Waals surface area contributed by atoms with Crippen LogP contribution in [0.15, 0.2) is 24.3 Å². The van der Waals surface area contributed by atoms with Crippen LogP contribution in [0.4, 0.5) is 5.69 Å². The quantitative estimate of drug-likeness (QED) is 0.876. The van der Waals surface area contributed by atoms with Crippen LogP contribution in [0.5, 0.6) is 0 Å². The van der Waals surface area contributed by atoms with Gasteiger partial charge in [0, 0.05) is 30.9 Å². The van der Waals surface area contributed by atoms with E-state index in [1.807, 2.05) is 6.92 Å². The molecule has 0 aliphatic rings. The van der Waals surface area contributed by atoms with Crippen LogP contribution in [-0.2, 0) is 6.42 Å². The van der Waals surface area contributed by atoms with Gasteiger partial charge >= 0.3 is 0 Å². The first kappa shape index (κ1) is 11.9. The van der Waals surface area contributed by atoms with Gasteiger partial charge in [0.15, 0.2) is 0 Å². The Morgan fingerprint density at radius 3 is 2.65 bits per heavy atom. The summed E-state index contributed by atoms with van der Waals surface area (Å²) >= 11 is 0. The van der Waals surface area contributed by atoms with Gasteiger partial charge in [-0.15, -0.1) is 0 Å². The van der Waals surface area contributed by atoms with E-state index in [4.69, 9.17) is 5.73 Å². The Morgan fingerprint density at radius 1 is 1.24 bits per heavy atom. The Kier molecular flexibility index (Phi) is 3.29. The normalized spacial score (nSPS) is 10.8. The second kappa shape index (κ2) is 4.72. The van der Waals surface area contributed by atoms with Crippen LogP contribution in [0, 0.1) is 6.92 Å². The van der Waals surface area contributed by atoms with Crippen LogP contribution in [0.2, 0.25) is 0 Å². The number of fused-ring (bicyclic) bond motifs is 1. The fourth-order valence-corrected chi connectivity index (χ4v) is 2.08. The van der Waals surface area contributed by atoms with E-state index in [2.05, 4.69) is 48.2 Å². The molecule has 17 heavy (non-hydrogen) atoms. The van der Waals surface area contributed by atoms with Crippen molar-refractivity contribution >= 4 is 16.6 Å². The number of pyridine rings is 1. The lowest BCUT2D eigenvalue weighted by atomic mass is 10.1. The molecule has 2 rings (SSSR count). The number of benzene rings is 1. The average molecular weight is 229 g/mol. The van der Waals surface area contributed by atoms with Crippen molar-refractivity contribution in [1.29, 1.82) is 0 Å². The summed E-state index contributed by atoms with van der Waals surface area (Å²) in [7, 11) is 4.12. The first-order chi connectivity index (χ1) is 8.11. The Morgan fingerprint density at radius 2 is 2.00 bits per heavy atom. The monoisotopic (exact) mass is 229 g/mol. The summed E-state index contributed by atoms with van der Waals surface area (Å²) in [6, 6.07) is 8.54. The Hall–Kier alpha value is -1.61. The lowest BCUT2D eigenvalue weighted by Crippen LogP contribution is -2.10. The SMILES string of the molecule is Cc1cc(N(C)C)c2ccc(CCN)cc2n1. The maximum atomic E-state index is 5.58. The third-order valence-corrected chi connectivity index (χ3v) is 2.90. The van der Waals surface area contributed by atoms with E-state index < -0.39 is 0 Å². The highest BCUT2D eigenvalue weighted by Crippen LogP contribution is 2.26. The van der Waals surface area contributed by atoms with Gasteiger partial charge in [-0.25, -0.2) is 0 Å². The topological polar surface area (TPSA) is 42.1 Å². The van der Waals surface area contributed by atoms with Crippen molar-refractivity contribution in [3.05, 3.63) is 35.5 Å². The molecular formula is C14H19N3. The number of hydrogen-bond donors (Lipinski definition) is 1. The second-order valence-corrected chi connectivity index (χ2v) is 4.57. The molecule has 0 radical (unpaired) electrons. The van der Waals surface area contributed by atoms with Gasteiger partial charge in [0.1, 0.15) is 0 Å². The molecule has 0 saturated carbocycles. The molecule has 90 valence electrons. The number of nitrogens with two attached hydrogens (primary N) is 1. The smallest absolute Gasteiger partial charge is 0.0728 e. The van der Waals surface area contributed by atoms with Gasteiger partial charge in [0.2, 0.25) is 0 Å². The first-order valence-electron chi connectivity index (χ1n) is 5.89. The largest absolute Gasteiger partial charge is 0.377 e. The number of rotatable bonds is 3. The Labute approximate surface area is 102 Å². The van der Waals surface area contributed by atoms with Crippen molar-refractivity contribution in [2.24, 2.45) is 5.73 Å². The predicted octanol–water partition coefficient (Wildman–Crippen LogP) is 2.11. The van der Waals surface area contributed by atoms with Crippen molar-refractivity contribution < 1.29 is 0 Å². The molecule has 0 atom stereocenters. The average Bonchev–Trinajstić information content (AvgIpc) is 2.27. The minimum atomic E-state index is 0.678. The van der Waals surface area contributed by atoms with Crippen molar-refractivity contribution in [3.63, 3.8) is 0 Å². The van der Waals surface area contributed by atoms with Crippen molar-refractivity contribution in [3.8, 4) is 0 Å². The zero-order chi connectivity index (χ0) is 12.4. The number of nitrogens with zero attached hydrogens (tertiary/aromatic N) is 2. The van der Waals surface area contributed by atoms with Crippen molar-refractivity contribution in [2.45, 2.75) is 13.3 Å². The maximum absolute atomic E-state index is 5.58. The molecule has 0 unspecified atom stereocenters. The van der Waals surface area contributed by atoms with E-state index in [0.717, 1.165) is 17.6 Å². The summed E-state index contributed by atoms with van der Waals surface area (Å²) in [6.07, 6.45) is 0.906. The molecule has 1 aromatic heterocycles. The third-order valence-electron chi connectivity index (χ3n) is 2.90. The van der Waals surface area contributed by atoms with Crippen LogP contribution in [0.1, 0.15) is 11.3 Å². The minimum Gasteiger partial charge on any atom is -0.377 e. The van der Waals surface area contributed by atoms with Crippen LogP contribution in [-0.4, -0.2) is 25.6 Å². The van der Waals surface area contributed by atoms with Crippen LogP contribution < -0.4 is 10.6 Å². The van der Waals surface area contributed by atoms with Gasteiger partial charge in [0.25, 0.3) is 0 Å². The number of aryl methyl sites for hydroxylation is 1. The molecule has 1 aromatic carbocycles. The maximum Gasteiger partial charge on any atom is 0.0728 e. The highest BCUT2D eigenvalue weighted by Gasteiger charge is 2.06. The fourth-order valence-electron chi connectivity index (χ4n) is 2.08.